The number of nitrogens with one attached hydrogen (secondary N) is 1. The molecule has 2 fully saturated rings. The second kappa shape index (κ2) is 7.75. The molecule has 2 saturated heterocycles. The average molecular weight is 405 g/mol. The molecule has 0 saturated carbocycles. The molecule has 2 aromatic rings. The number of ether oxygens (including phenoxy) is 1. The number of aromatic nitrogens is 2. The number of ketones is 1. The highest BCUT2D eigenvalue weighted by Crippen LogP contribution is 2.38. The van der Waals surface area contributed by atoms with Gasteiger partial charge in [0.25, 0.3) is 0 Å². The van der Waals surface area contributed by atoms with Gasteiger partial charge in [-0.3, -0.25) is 9.69 Å². The summed E-state index contributed by atoms with van der Waals surface area (Å²) in [5.74, 6) is 0.159. The van der Waals surface area contributed by atoms with Crippen LogP contribution < -0.4 is 0 Å². The smallest absolute Gasteiger partial charge is 0.228 e. The number of Topliss-reactive ketones (excluding diaryl/α,β-unsaturated/α-hetero) is 1. The van der Waals surface area contributed by atoms with Crippen LogP contribution in [-0.2, 0) is 4.74 Å². The quantitative estimate of drug-likeness (QED) is 0.627. The van der Waals surface area contributed by atoms with E-state index < -0.39 is 11.5 Å². The monoisotopic (exact) mass is 404 g/mol. The fourth-order valence-electron chi connectivity index (χ4n) is 4.74. The zero-order valence-corrected chi connectivity index (χ0v) is 17.6. The minimum absolute atomic E-state index is 0.165. The molecule has 4 rings (SSSR count). The zero-order chi connectivity index (χ0) is 19.9. The van der Waals surface area contributed by atoms with Crippen molar-refractivity contribution in [2.24, 2.45) is 0 Å². The largest absolute Gasteiger partial charge is 0.368 e. The molecule has 1 N–H and O–H groups in total. The number of aromatic amines is 1. The summed E-state index contributed by atoms with van der Waals surface area (Å²) >= 11 is 6.96. The van der Waals surface area contributed by atoms with Crippen molar-refractivity contribution in [3.63, 3.8) is 0 Å². The molecule has 1 aromatic carbocycles. The third-order valence-electron chi connectivity index (χ3n) is 6.46. The molecule has 0 aliphatic carbocycles. The molecule has 6 nitrogen and oxygen atoms in total. The van der Waals surface area contributed by atoms with Gasteiger partial charge in [0.15, 0.2) is 5.82 Å². The van der Waals surface area contributed by atoms with E-state index in [9.17, 15) is 4.79 Å². The molecule has 2 aliphatic rings. The Labute approximate surface area is 171 Å². The van der Waals surface area contributed by atoms with Crippen LogP contribution >= 0.6 is 11.6 Å². The number of halogens is 1. The molecule has 3 heterocycles. The van der Waals surface area contributed by atoms with Gasteiger partial charge in [0.05, 0.1) is 16.4 Å². The fraction of sp³-hybridized carbons (Fsp3) is 0.619. The molecule has 0 bridgehead atoms. The predicted octanol–water partition coefficient (Wildman–Crippen LogP) is 2.93. The standard InChI is InChI=1S/C21H29ClN4O2/c1-4-25-10-11-26(14(2)13-25)21(3)9-12-28-18(19(21)22)17(27)20-23-15-7-5-6-8-16(15)24-20/h5-8,14,18-19H,4,9-13H2,1-3H3,(H,23,24). The Morgan fingerprint density at radius 3 is 2.89 bits per heavy atom. The molecule has 4 unspecified atom stereocenters. The normalized spacial score (nSPS) is 32.6. The lowest BCUT2D eigenvalue weighted by Crippen LogP contribution is -2.67. The van der Waals surface area contributed by atoms with Gasteiger partial charge in [0.1, 0.15) is 6.10 Å². The number of hydrogen-bond donors (Lipinski definition) is 1. The van der Waals surface area contributed by atoms with Crippen LogP contribution in [0.15, 0.2) is 24.3 Å². The first-order valence-corrected chi connectivity index (χ1v) is 10.6. The van der Waals surface area contributed by atoms with Crippen molar-refractivity contribution in [3.05, 3.63) is 30.1 Å². The fourth-order valence-corrected chi connectivity index (χ4v) is 5.16. The molecule has 152 valence electrons. The minimum Gasteiger partial charge on any atom is -0.368 e. The molecule has 0 amide bonds. The second-order valence-corrected chi connectivity index (χ2v) is 8.67. The number of hydrogen-bond acceptors (Lipinski definition) is 5. The van der Waals surface area contributed by atoms with Gasteiger partial charge in [0, 0.05) is 37.8 Å². The molecular weight excluding hydrogens is 376 g/mol. The van der Waals surface area contributed by atoms with Gasteiger partial charge in [0.2, 0.25) is 5.78 Å². The van der Waals surface area contributed by atoms with Crippen LogP contribution in [0, 0.1) is 0 Å². The molecule has 4 atom stereocenters. The van der Waals surface area contributed by atoms with E-state index in [0.29, 0.717) is 18.5 Å². The first-order valence-electron chi connectivity index (χ1n) is 10.2. The number of para-hydroxylation sites is 2. The number of rotatable bonds is 4. The lowest BCUT2D eigenvalue weighted by Gasteiger charge is -2.54. The Hall–Kier alpha value is -1.47. The Kier molecular flexibility index (Phi) is 5.49. The maximum absolute atomic E-state index is 13.2. The number of fused-ring (bicyclic) bond motifs is 1. The number of benzene rings is 1. The van der Waals surface area contributed by atoms with Crippen LogP contribution in [0.25, 0.3) is 11.0 Å². The van der Waals surface area contributed by atoms with E-state index in [4.69, 9.17) is 16.3 Å². The van der Waals surface area contributed by atoms with Crippen molar-refractivity contribution < 1.29 is 9.53 Å². The lowest BCUT2D eigenvalue weighted by atomic mass is 9.83. The van der Waals surface area contributed by atoms with Gasteiger partial charge in [-0.25, -0.2) is 4.98 Å². The first kappa shape index (κ1) is 19.8. The van der Waals surface area contributed by atoms with Crippen molar-refractivity contribution in [2.75, 3.05) is 32.8 Å². The second-order valence-electron chi connectivity index (χ2n) is 8.20. The van der Waals surface area contributed by atoms with Crippen LogP contribution in [0.1, 0.15) is 37.8 Å². The third kappa shape index (κ3) is 3.36. The summed E-state index contributed by atoms with van der Waals surface area (Å²) in [6.07, 6.45) is 0.124. The molecular formula is C21H29ClN4O2. The summed E-state index contributed by atoms with van der Waals surface area (Å²) in [4.78, 5) is 25.7. The zero-order valence-electron chi connectivity index (χ0n) is 16.8. The van der Waals surface area contributed by atoms with Gasteiger partial charge in [-0.15, -0.1) is 11.6 Å². The van der Waals surface area contributed by atoms with E-state index in [1.54, 1.807) is 0 Å². The van der Waals surface area contributed by atoms with Crippen LogP contribution in [0.2, 0.25) is 0 Å². The Morgan fingerprint density at radius 2 is 2.18 bits per heavy atom. The maximum atomic E-state index is 13.2. The summed E-state index contributed by atoms with van der Waals surface area (Å²) in [7, 11) is 0. The molecule has 2 aliphatic heterocycles. The van der Waals surface area contributed by atoms with E-state index >= 15 is 0 Å². The summed E-state index contributed by atoms with van der Waals surface area (Å²) in [5.41, 5.74) is 1.34. The van der Waals surface area contributed by atoms with Crippen molar-refractivity contribution in [2.45, 2.75) is 50.3 Å². The maximum Gasteiger partial charge on any atom is 0.228 e. The third-order valence-corrected chi connectivity index (χ3v) is 7.16. The van der Waals surface area contributed by atoms with E-state index in [1.165, 1.54) is 0 Å². The number of alkyl halides is 1. The topological polar surface area (TPSA) is 61.5 Å². The van der Waals surface area contributed by atoms with Crippen LogP contribution in [0.3, 0.4) is 0 Å². The molecule has 0 radical (unpaired) electrons. The van der Waals surface area contributed by atoms with Crippen molar-refractivity contribution in [1.29, 1.82) is 0 Å². The van der Waals surface area contributed by atoms with Gasteiger partial charge < -0.3 is 14.6 Å². The highest BCUT2D eigenvalue weighted by molar-refractivity contribution is 6.24. The van der Waals surface area contributed by atoms with E-state index in [2.05, 4.69) is 40.5 Å². The van der Waals surface area contributed by atoms with E-state index in [1.807, 2.05) is 24.3 Å². The Balaban J connectivity index is 1.56. The van der Waals surface area contributed by atoms with Crippen molar-refractivity contribution >= 4 is 28.4 Å². The number of carbonyl (C=O) groups is 1. The first-order chi connectivity index (χ1) is 13.4. The van der Waals surface area contributed by atoms with Crippen LogP contribution in [0.4, 0.5) is 0 Å². The number of imidazole rings is 1. The Morgan fingerprint density at radius 1 is 1.39 bits per heavy atom. The molecule has 28 heavy (non-hydrogen) atoms. The van der Waals surface area contributed by atoms with Gasteiger partial charge in [-0.2, -0.15) is 0 Å². The summed E-state index contributed by atoms with van der Waals surface area (Å²) < 4.78 is 5.89. The average Bonchev–Trinajstić information content (AvgIpc) is 3.13. The summed E-state index contributed by atoms with van der Waals surface area (Å²) in [6.45, 7) is 11.2. The number of piperazine rings is 1. The molecule has 1 aromatic heterocycles. The SMILES string of the molecule is CCN1CCN(C2(C)CCOC(C(=O)c3nc4ccccc4[nH]3)C2Cl)C(C)C1. The number of H-pyrrole nitrogens is 1. The van der Waals surface area contributed by atoms with E-state index in [0.717, 1.165) is 43.6 Å². The number of nitrogens with zero attached hydrogens (tertiary/aromatic N) is 3. The predicted molar refractivity (Wildman–Crippen MR) is 111 cm³/mol. The van der Waals surface area contributed by atoms with Gasteiger partial charge in [-0.1, -0.05) is 19.1 Å². The summed E-state index contributed by atoms with van der Waals surface area (Å²) in [6, 6.07) is 8.03. The van der Waals surface area contributed by atoms with Crippen LogP contribution in [0.5, 0.6) is 0 Å². The van der Waals surface area contributed by atoms with E-state index in [-0.39, 0.29) is 11.3 Å². The van der Waals surface area contributed by atoms with Crippen LogP contribution in [-0.4, -0.2) is 81.4 Å². The summed E-state index contributed by atoms with van der Waals surface area (Å²) in [5, 5.41) is -0.433. The Bertz CT molecular complexity index is 823. The van der Waals surface area contributed by atoms with Gasteiger partial charge in [-0.05, 0) is 38.9 Å². The minimum atomic E-state index is -0.697. The molecule has 7 heteroatoms. The number of carbonyl (C=O) groups excluding carboxylic acids is 1. The number of likely N-dealkylation sites (N-methyl/N-ethyl adjacent to an activating group) is 1. The highest BCUT2D eigenvalue weighted by atomic mass is 35.5. The lowest BCUT2D eigenvalue weighted by molar-refractivity contribution is -0.0783. The van der Waals surface area contributed by atoms with Crippen molar-refractivity contribution in [3.8, 4) is 0 Å². The van der Waals surface area contributed by atoms with Crippen molar-refractivity contribution in [1.82, 2.24) is 19.8 Å². The molecule has 0 spiro atoms. The highest BCUT2D eigenvalue weighted by Gasteiger charge is 2.51. The van der Waals surface area contributed by atoms with Gasteiger partial charge >= 0.3 is 0 Å².